The van der Waals surface area contributed by atoms with Gasteiger partial charge in [0.25, 0.3) is 0 Å². The largest absolute Gasteiger partial charge is 0.116 e. The smallest absolute Gasteiger partial charge is 0.0796 e. The fraction of sp³-hybridized carbons (Fsp3) is 0.167. The van der Waals surface area contributed by atoms with Crippen LogP contribution in [-0.4, -0.2) is 0 Å². The predicted molar refractivity (Wildman–Crippen MR) is 61.1 cm³/mol. The highest BCUT2D eigenvalue weighted by Gasteiger charge is 2.30. The molecule has 0 bridgehead atoms. The molecule has 2 heteroatoms. The van der Waals surface area contributed by atoms with E-state index >= 15 is 0 Å². The molecule has 1 aliphatic carbocycles. The van der Waals surface area contributed by atoms with Crippen molar-refractivity contribution < 1.29 is 0 Å². The molecule has 2 atom stereocenters. The molecule has 0 radical (unpaired) electrons. The second-order valence-electron chi connectivity index (χ2n) is 3.60. The van der Waals surface area contributed by atoms with Crippen LogP contribution in [0.25, 0.3) is 10.8 Å². The molecule has 0 heterocycles. The minimum absolute atomic E-state index is 0.0854. The van der Waals surface area contributed by atoms with Crippen molar-refractivity contribution in [2.75, 3.05) is 0 Å². The number of halogens is 2. The van der Waals surface area contributed by atoms with E-state index in [2.05, 4.69) is 24.3 Å². The molecular weight excluding hydrogens is 215 g/mol. The summed E-state index contributed by atoms with van der Waals surface area (Å²) >= 11 is 12.5. The zero-order valence-corrected chi connectivity index (χ0v) is 8.89. The Morgan fingerprint density at radius 2 is 1.29 bits per heavy atom. The van der Waals surface area contributed by atoms with E-state index in [0.717, 1.165) is 0 Å². The van der Waals surface area contributed by atoms with Crippen molar-refractivity contribution in [2.45, 2.75) is 10.8 Å². The first-order chi connectivity index (χ1) is 6.79. The molecule has 2 aromatic rings. The molecule has 3 rings (SSSR count). The first-order valence-electron chi connectivity index (χ1n) is 4.59. The van der Waals surface area contributed by atoms with Crippen LogP contribution in [0.15, 0.2) is 36.4 Å². The van der Waals surface area contributed by atoms with Crippen LogP contribution in [0.1, 0.15) is 21.9 Å². The average Bonchev–Trinajstić information content (AvgIpc) is 2.47. The minimum atomic E-state index is -0.0854. The summed E-state index contributed by atoms with van der Waals surface area (Å²) in [6.45, 7) is 0. The van der Waals surface area contributed by atoms with E-state index in [9.17, 15) is 0 Å². The lowest BCUT2D eigenvalue weighted by atomic mass is 10.1. The summed E-state index contributed by atoms with van der Waals surface area (Å²) in [5.41, 5.74) is 2.33. The standard InChI is InChI=1S/C12H8Cl2/c13-11-8-5-1-3-7-4-2-6-9(10(7)8)12(11)14/h1-6,11-12H/t11-,12-/m0/s1. The minimum Gasteiger partial charge on any atom is -0.116 e. The van der Waals surface area contributed by atoms with Gasteiger partial charge >= 0.3 is 0 Å². The van der Waals surface area contributed by atoms with Gasteiger partial charge in [-0.15, -0.1) is 23.2 Å². The Morgan fingerprint density at radius 3 is 1.79 bits per heavy atom. The van der Waals surface area contributed by atoms with Gasteiger partial charge in [0.05, 0.1) is 10.8 Å². The van der Waals surface area contributed by atoms with Crippen LogP contribution in [0.3, 0.4) is 0 Å². The summed E-state index contributed by atoms with van der Waals surface area (Å²) in [6, 6.07) is 12.4. The van der Waals surface area contributed by atoms with Gasteiger partial charge in [0, 0.05) is 0 Å². The Kier molecular flexibility index (Phi) is 1.77. The molecule has 2 aromatic carbocycles. The molecule has 0 aliphatic heterocycles. The lowest BCUT2D eigenvalue weighted by Crippen LogP contribution is -1.89. The van der Waals surface area contributed by atoms with Gasteiger partial charge < -0.3 is 0 Å². The molecule has 14 heavy (non-hydrogen) atoms. The summed E-state index contributed by atoms with van der Waals surface area (Å²) in [7, 11) is 0. The SMILES string of the molecule is Cl[C@H]1c2cccc3cccc(c23)[C@@H]1Cl. The van der Waals surface area contributed by atoms with Gasteiger partial charge in [-0.05, 0) is 21.9 Å². The Labute approximate surface area is 92.4 Å². The van der Waals surface area contributed by atoms with Gasteiger partial charge in [-0.25, -0.2) is 0 Å². The number of benzene rings is 2. The van der Waals surface area contributed by atoms with Crippen molar-refractivity contribution in [1.82, 2.24) is 0 Å². The molecule has 0 saturated carbocycles. The molecule has 0 aromatic heterocycles. The highest BCUT2D eigenvalue weighted by atomic mass is 35.5. The Bertz CT molecular complexity index is 462. The van der Waals surface area contributed by atoms with Crippen LogP contribution in [0.4, 0.5) is 0 Å². The van der Waals surface area contributed by atoms with Gasteiger partial charge in [-0.1, -0.05) is 36.4 Å². The summed E-state index contributed by atoms with van der Waals surface area (Å²) in [5, 5.41) is 2.30. The molecule has 0 N–H and O–H groups in total. The van der Waals surface area contributed by atoms with E-state index in [1.807, 2.05) is 12.1 Å². The average molecular weight is 223 g/mol. The molecule has 0 saturated heterocycles. The van der Waals surface area contributed by atoms with Crippen molar-refractivity contribution in [3.8, 4) is 0 Å². The summed E-state index contributed by atoms with van der Waals surface area (Å²) in [5.74, 6) is 0. The summed E-state index contributed by atoms with van der Waals surface area (Å²) < 4.78 is 0. The molecule has 1 aliphatic rings. The Hall–Kier alpha value is -0.720. The number of hydrogen-bond donors (Lipinski definition) is 0. The molecule has 0 fully saturated rings. The highest BCUT2D eigenvalue weighted by molar-refractivity contribution is 6.33. The third kappa shape index (κ3) is 0.958. The normalized spacial score (nSPS) is 24.4. The van der Waals surface area contributed by atoms with Gasteiger partial charge in [-0.2, -0.15) is 0 Å². The Balaban J connectivity index is 2.49. The lowest BCUT2D eigenvalue weighted by Gasteiger charge is -2.05. The van der Waals surface area contributed by atoms with Crippen LogP contribution >= 0.6 is 23.2 Å². The van der Waals surface area contributed by atoms with Gasteiger partial charge in [0.2, 0.25) is 0 Å². The molecule has 0 amide bonds. The lowest BCUT2D eigenvalue weighted by molar-refractivity contribution is 0.936. The van der Waals surface area contributed by atoms with Crippen LogP contribution in [0.2, 0.25) is 0 Å². The van der Waals surface area contributed by atoms with E-state index in [-0.39, 0.29) is 10.8 Å². The topological polar surface area (TPSA) is 0 Å². The maximum Gasteiger partial charge on any atom is 0.0796 e. The Morgan fingerprint density at radius 1 is 0.786 bits per heavy atom. The molecule has 0 nitrogen and oxygen atoms in total. The van der Waals surface area contributed by atoms with Crippen LogP contribution in [-0.2, 0) is 0 Å². The van der Waals surface area contributed by atoms with Crippen LogP contribution in [0, 0.1) is 0 Å². The highest BCUT2D eigenvalue weighted by Crippen LogP contribution is 2.50. The second kappa shape index (κ2) is 2.88. The first kappa shape index (κ1) is 8.58. The number of hydrogen-bond acceptors (Lipinski definition) is 0. The maximum absolute atomic E-state index is 6.27. The number of alkyl halides is 2. The predicted octanol–water partition coefficient (Wildman–Crippen LogP) is 4.41. The van der Waals surface area contributed by atoms with E-state index in [1.54, 1.807) is 0 Å². The zero-order chi connectivity index (χ0) is 9.71. The van der Waals surface area contributed by atoms with Crippen LogP contribution in [0.5, 0.6) is 0 Å². The number of rotatable bonds is 0. The summed E-state index contributed by atoms with van der Waals surface area (Å²) in [6.07, 6.45) is 0. The van der Waals surface area contributed by atoms with E-state index in [4.69, 9.17) is 23.2 Å². The molecule has 0 spiro atoms. The maximum atomic E-state index is 6.27. The van der Waals surface area contributed by atoms with E-state index < -0.39 is 0 Å². The van der Waals surface area contributed by atoms with Crippen molar-refractivity contribution in [3.63, 3.8) is 0 Å². The second-order valence-corrected chi connectivity index (χ2v) is 4.54. The molecule has 70 valence electrons. The van der Waals surface area contributed by atoms with Crippen molar-refractivity contribution in [3.05, 3.63) is 47.5 Å². The fourth-order valence-electron chi connectivity index (χ4n) is 2.17. The fourth-order valence-corrected chi connectivity index (χ4v) is 2.81. The first-order valence-corrected chi connectivity index (χ1v) is 5.46. The van der Waals surface area contributed by atoms with Gasteiger partial charge in [0.15, 0.2) is 0 Å². The van der Waals surface area contributed by atoms with E-state index in [0.29, 0.717) is 0 Å². The van der Waals surface area contributed by atoms with Crippen molar-refractivity contribution >= 4 is 34.0 Å². The third-order valence-electron chi connectivity index (χ3n) is 2.82. The van der Waals surface area contributed by atoms with Crippen LogP contribution < -0.4 is 0 Å². The van der Waals surface area contributed by atoms with Crippen molar-refractivity contribution in [2.24, 2.45) is 0 Å². The quantitative estimate of drug-likeness (QED) is 0.580. The van der Waals surface area contributed by atoms with Crippen molar-refractivity contribution in [1.29, 1.82) is 0 Å². The molecule has 0 unspecified atom stereocenters. The third-order valence-corrected chi connectivity index (χ3v) is 3.92. The van der Waals surface area contributed by atoms with Gasteiger partial charge in [-0.3, -0.25) is 0 Å². The summed E-state index contributed by atoms with van der Waals surface area (Å²) in [4.78, 5) is 0. The molecular formula is C12H8Cl2. The zero-order valence-electron chi connectivity index (χ0n) is 7.37. The van der Waals surface area contributed by atoms with Gasteiger partial charge in [0.1, 0.15) is 0 Å². The van der Waals surface area contributed by atoms with E-state index in [1.165, 1.54) is 21.9 Å². The monoisotopic (exact) mass is 222 g/mol.